The maximum Gasteiger partial charge on any atom is 0.332 e. The van der Waals surface area contributed by atoms with Crippen molar-refractivity contribution in [3.05, 3.63) is 0 Å². The molecule has 0 radical (unpaired) electrons. The molecule has 2 heterocycles. The van der Waals surface area contributed by atoms with E-state index >= 15 is 0 Å². The number of carbonyl (C=O) groups is 2. The van der Waals surface area contributed by atoms with Gasteiger partial charge in [0.1, 0.15) is 5.54 Å². The largest absolute Gasteiger partial charge is 0.464 e. The molecule has 90 valence electrons. The van der Waals surface area contributed by atoms with E-state index in [-0.39, 0.29) is 31.8 Å². The first-order chi connectivity index (χ1) is 7.41. The zero-order valence-corrected chi connectivity index (χ0v) is 9.03. The number of fused-ring (bicyclic) bond motifs is 1. The molecule has 5 nitrogen and oxygen atoms in total. The second-order valence-electron chi connectivity index (χ2n) is 4.33. The molecule has 0 aromatic heterocycles. The lowest BCUT2D eigenvalue weighted by Gasteiger charge is -2.28. The third kappa shape index (κ3) is 1.48. The van der Waals surface area contributed by atoms with E-state index in [9.17, 15) is 19.1 Å². The van der Waals surface area contributed by atoms with Crippen LogP contribution in [0.4, 0.5) is 4.39 Å². The van der Waals surface area contributed by atoms with Gasteiger partial charge < -0.3 is 14.7 Å². The number of alkyl halides is 1. The van der Waals surface area contributed by atoms with Crippen LogP contribution in [0.15, 0.2) is 0 Å². The highest BCUT2D eigenvalue weighted by molar-refractivity contribution is 5.92. The number of ether oxygens (including phenoxy) is 1. The molecular formula is C10H14FNO4. The van der Waals surface area contributed by atoms with Gasteiger partial charge in [0, 0.05) is 12.8 Å². The standard InChI is InChI=1S/C10H14FNO4/c1-2-16-8(14)9-4-3-7(13)12(9)6-10(11,15)5-9/h15H,2-6H2,1H3. The van der Waals surface area contributed by atoms with Crippen LogP contribution in [0.2, 0.25) is 0 Å². The number of halogens is 1. The van der Waals surface area contributed by atoms with Crippen LogP contribution < -0.4 is 0 Å². The van der Waals surface area contributed by atoms with Crippen LogP contribution >= 0.6 is 0 Å². The number of carbonyl (C=O) groups excluding carboxylic acids is 2. The van der Waals surface area contributed by atoms with Crippen molar-refractivity contribution in [1.82, 2.24) is 4.90 Å². The molecule has 2 unspecified atom stereocenters. The highest BCUT2D eigenvalue weighted by atomic mass is 19.2. The molecule has 16 heavy (non-hydrogen) atoms. The molecule has 0 bridgehead atoms. The van der Waals surface area contributed by atoms with E-state index in [0.717, 1.165) is 4.90 Å². The molecule has 0 spiro atoms. The van der Waals surface area contributed by atoms with Crippen molar-refractivity contribution in [3.63, 3.8) is 0 Å². The van der Waals surface area contributed by atoms with E-state index in [1.54, 1.807) is 6.92 Å². The Morgan fingerprint density at radius 1 is 1.69 bits per heavy atom. The summed E-state index contributed by atoms with van der Waals surface area (Å²) in [4.78, 5) is 24.4. The first kappa shape index (κ1) is 11.3. The van der Waals surface area contributed by atoms with Crippen molar-refractivity contribution in [1.29, 1.82) is 0 Å². The van der Waals surface area contributed by atoms with Crippen LogP contribution in [-0.2, 0) is 14.3 Å². The lowest BCUT2D eigenvalue weighted by atomic mass is 9.93. The number of rotatable bonds is 2. The predicted molar refractivity (Wildman–Crippen MR) is 51.0 cm³/mol. The predicted octanol–water partition coefficient (Wildman–Crippen LogP) is -0.0275. The number of aliphatic hydroxyl groups is 1. The third-order valence-corrected chi connectivity index (χ3v) is 3.19. The molecular weight excluding hydrogens is 217 g/mol. The van der Waals surface area contributed by atoms with E-state index < -0.39 is 23.9 Å². The van der Waals surface area contributed by atoms with Gasteiger partial charge >= 0.3 is 5.97 Å². The van der Waals surface area contributed by atoms with Crippen LogP contribution in [0, 0.1) is 0 Å². The normalized spacial score (nSPS) is 37.7. The summed E-state index contributed by atoms with van der Waals surface area (Å²) < 4.78 is 18.4. The number of hydrogen-bond acceptors (Lipinski definition) is 4. The molecule has 6 heteroatoms. The Hall–Kier alpha value is -1.17. The minimum absolute atomic E-state index is 0.174. The molecule has 0 saturated carbocycles. The molecule has 2 aliphatic heterocycles. The number of nitrogens with zero attached hydrogens (tertiary/aromatic N) is 1. The van der Waals surface area contributed by atoms with Gasteiger partial charge in [-0.1, -0.05) is 0 Å². The van der Waals surface area contributed by atoms with Crippen molar-refractivity contribution in [3.8, 4) is 0 Å². The summed E-state index contributed by atoms with van der Waals surface area (Å²) in [6.45, 7) is 1.38. The van der Waals surface area contributed by atoms with Crippen LogP contribution in [0.1, 0.15) is 26.2 Å². The lowest BCUT2D eigenvalue weighted by Crippen LogP contribution is -2.48. The minimum Gasteiger partial charge on any atom is -0.464 e. The van der Waals surface area contributed by atoms with Crippen LogP contribution in [0.5, 0.6) is 0 Å². The highest BCUT2D eigenvalue weighted by Crippen LogP contribution is 2.45. The molecule has 2 fully saturated rings. The number of β-amino-alcohol motifs (C(OH)–C–C–N with tert-alkyl or cyclic N) is 1. The van der Waals surface area contributed by atoms with E-state index in [0.29, 0.717) is 0 Å². The Balaban J connectivity index is 2.30. The first-order valence-electron chi connectivity index (χ1n) is 5.30. The molecule has 2 atom stereocenters. The summed E-state index contributed by atoms with van der Waals surface area (Å²) in [6.07, 6.45) is 0.0381. The smallest absolute Gasteiger partial charge is 0.332 e. The fourth-order valence-electron chi connectivity index (χ4n) is 2.54. The molecule has 2 rings (SSSR count). The van der Waals surface area contributed by atoms with E-state index in [2.05, 4.69) is 0 Å². The Morgan fingerprint density at radius 2 is 2.38 bits per heavy atom. The second kappa shape index (κ2) is 3.41. The number of amides is 1. The van der Waals surface area contributed by atoms with Gasteiger partial charge in [0.15, 0.2) is 0 Å². The Labute approximate surface area is 92.2 Å². The third-order valence-electron chi connectivity index (χ3n) is 3.19. The van der Waals surface area contributed by atoms with E-state index in [1.807, 2.05) is 0 Å². The first-order valence-corrected chi connectivity index (χ1v) is 5.30. The summed E-state index contributed by atoms with van der Waals surface area (Å²) in [7, 11) is 0. The Bertz CT molecular complexity index is 344. The van der Waals surface area contributed by atoms with Crippen molar-refractivity contribution in [2.75, 3.05) is 13.2 Å². The summed E-state index contributed by atoms with van der Waals surface area (Å²) in [5, 5.41) is 9.33. The van der Waals surface area contributed by atoms with Gasteiger partial charge in [-0.3, -0.25) is 4.79 Å². The van der Waals surface area contributed by atoms with Gasteiger partial charge in [0.2, 0.25) is 11.8 Å². The molecule has 2 aliphatic rings. The summed E-state index contributed by atoms with van der Waals surface area (Å²) in [5.74, 6) is -3.40. The fourth-order valence-corrected chi connectivity index (χ4v) is 2.54. The minimum atomic E-state index is -2.48. The molecule has 2 saturated heterocycles. The zero-order chi connectivity index (χ0) is 12.0. The Morgan fingerprint density at radius 3 is 3.00 bits per heavy atom. The van der Waals surface area contributed by atoms with Gasteiger partial charge in [0.25, 0.3) is 0 Å². The van der Waals surface area contributed by atoms with Crippen molar-refractivity contribution in [2.45, 2.75) is 37.6 Å². The van der Waals surface area contributed by atoms with Crippen LogP contribution in [-0.4, -0.2) is 46.4 Å². The lowest BCUT2D eigenvalue weighted by molar-refractivity contribution is -0.157. The Kier molecular flexibility index (Phi) is 2.41. The maximum atomic E-state index is 13.5. The fraction of sp³-hybridized carbons (Fsp3) is 0.800. The van der Waals surface area contributed by atoms with Gasteiger partial charge in [-0.25, -0.2) is 9.18 Å². The summed E-state index contributed by atoms with van der Waals surface area (Å²) >= 11 is 0. The molecule has 0 aromatic carbocycles. The molecule has 1 N–H and O–H groups in total. The topological polar surface area (TPSA) is 66.8 Å². The van der Waals surface area contributed by atoms with E-state index in [1.165, 1.54) is 0 Å². The average Bonchev–Trinajstić information content (AvgIpc) is 2.62. The van der Waals surface area contributed by atoms with Crippen molar-refractivity contribution >= 4 is 11.9 Å². The quantitative estimate of drug-likeness (QED) is 0.678. The van der Waals surface area contributed by atoms with Gasteiger partial charge in [0.05, 0.1) is 13.2 Å². The maximum absolute atomic E-state index is 13.5. The van der Waals surface area contributed by atoms with Gasteiger partial charge in [-0.15, -0.1) is 0 Å². The van der Waals surface area contributed by atoms with Crippen LogP contribution in [0.3, 0.4) is 0 Å². The monoisotopic (exact) mass is 231 g/mol. The van der Waals surface area contributed by atoms with Gasteiger partial charge in [-0.2, -0.15) is 0 Å². The number of hydrogen-bond donors (Lipinski definition) is 1. The van der Waals surface area contributed by atoms with Crippen molar-refractivity contribution < 1.29 is 23.8 Å². The van der Waals surface area contributed by atoms with E-state index in [4.69, 9.17) is 4.74 Å². The molecule has 0 aliphatic carbocycles. The van der Waals surface area contributed by atoms with Crippen molar-refractivity contribution in [2.24, 2.45) is 0 Å². The summed E-state index contributed by atoms with van der Waals surface area (Å²) in [6, 6.07) is 0. The highest BCUT2D eigenvalue weighted by Gasteiger charge is 2.63. The summed E-state index contributed by atoms with van der Waals surface area (Å²) in [5.41, 5.74) is -1.28. The molecule has 0 aromatic rings. The van der Waals surface area contributed by atoms with Crippen LogP contribution in [0.25, 0.3) is 0 Å². The van der Waals surface area contributed by atoms with Gasteiger partial charge in [-0.05, 0) is 13.3 Å². The number of esters is 1. The SMILES string of the molecule is CCOC(=O)C12CCC(=O)N1CC(O)(F)C2. The zero-order valence-electron chi connectivity index (χ0n) is 9.03. The molecule has 1 amide bonds. The average molecular weight is 231 g/mol. The second-order valence-corrected chi connectivity index (χ2v) is 4.33.